The number of piperazine rings is 1. The number of aliphatic imine (C=N–C) groups is 1. The van der Waals surface area contributed by atoms with Gasteiger partial charge < -0.3 is 19.9 Å². The molecule has 2 atom stereocenters. The predicted molar refractivity (Wildman–Crippen MR) is 140 cm³/mol. The molecule has 2 unspecified atom stereocenters. The number of rotatable bonds is 8. The van der Waals surface area contributed by atoms with Crippen molar-refractivity contribution in [1.82, 2.24) is 20.0 Å². The summed E-state index contributed by atoms with van der Waals surface area (Å²) < 4.78 is 5.86. The van der Waals surface area contributed by atoms with Crippen LogP contribution in [0.2, 0.25) is 0 Å². The third-order valence-corrected chi connectivity index (χ3v) is 6.27. The molecule has 0 spiro atoms. The predicted octanol–water partition coefficient (Wildman–Crippen LogP) is 2.66. The van der Waals surface area contributed by atoms with E-state index in [1.165, 1.54) is 5.56 Å². The van der Waals surface area contributed by atoms with Gasteiger partial charge in [-0.25, -0.2) is 0 Å². The molecule has 2 aliphatic heterocycles. The molecule has 7 nitrogen and oxygen atoms in total. The van der Waals surface area contributed by atoms with Gasteiger partial charge in [-0.15, -0.1) is 24.0 Å². The van der Waals surface area contributed by atoms with E-state index in [4.69, 9.17) is 4.74 Å². The van der Waals surface area contributed by atoms with Crippen molar-refractivity contribution in [2.45, 2.75) is 39.3 Å². The van der Waals surface area contributed by atoms with E-state index in [1.54, 1.807) is 0 Å². The first kappa shape index (κ1) is 26.9. The molecule has 2 heterocycles. The fourth-order valence-electron chi connectivity index (χ4n) is 4.29. The highest BCUT2D eigenvalue weighted by Gasteiger charge is 2.30. The number of ether oxygens (including phenoxy) is 1. The van der Waals surface area contributed by atoms with Crippen LogP contribution in [-0.4, -0.2) is 92.1 Å². The van der Waals surface area contributed by atoms with Crippen LogP contribution < -0.4 is 5.32 Å². The number of benzene rings is 1. The van der Waals surface area contributed by atoms with E-state index in [-0.39, 0.29) is 35.9 Å². The first-order chi connectivity index (χ1) is 15.1. The monoisotopic (exact) mass is 557 g/mol. The molecule has 8 heteroatoms. The lowest BCUT2D eigenvalue weighted by Gasteiger charge is -2.39. The molecule has 0 aliphatic carbocycles. The Hall–Kier alpha value is -1.39. The van der Waals surface area contributed by atoms with Gasteiger partial charge in [-0.1, -0.05) is 37.3 Å². The number of guanidine groups is 1. The molecule has 2 saturated heterocycles. The van der Waals surface area contributed by atoms with Gasteiger partial charge in [-0.3, -0.25) is 14.7 Å². The van der Waals surface area contributed by atoms with Crippen molar-refractivity contribution in [3.63, 3.8) is 0 Å². The average molecular weight is 558 g/mol. The molecule has 0 saturated carbocycles. The van der Waals surface area contributed by atoms with Crippen LogP contribution in [0.3, 0.4) is 0 Å². The second-order valence-corrected chi connectivity index (χ2v) is 8.77. The maximum Gasteiger partial charge on any atom is 0.239 e. The van der Waals surface area contributed by atoms with Gasteiger partial charge in [0, 0.05) is 52.9 Å². The largest absolute Gasteiger partial charge is 0.376 e. The quantitative estimate of drug-likeness (QED) is 0.303. The average Bonchev–Trinajstić information content (AvgIpc) is 3.35. The van der Waals surface area contributed by atoms with Crippen molar-refractivity contribution in [3.8, 4) is 0 Å². The Morgan fingerprint density at radius 3 is 2.31 bits per heavy atom. The van der Waals surface area contributed by atoms with Gasteiger partial charge in [-0.2, -0.15) is 0 Å². The lowest BCUT2D eigenvalue weighted by atomic mass is 10.2. The molecule has 2 aliphatic rings. The molecule has 1 amide bonds. The lowest BCUT2D eigenvalue weighted by molar-refractivity contribution is -0.135. The summed E-state index contributed by atoms with van der Waals surface area (Å²) in [6, 6.07) is 10.2. The number of hydrogen-bond acceptors (Lipinski definition) is 4. The molecular formula is C24H40IN5O2. The van der Waals surface area contributed by atoms with E-state index in [0.29, 0.717) is 19.1 Å². The fraction of sp³-hybridized carbons (Fsp3) is 0.667. The number of likely N-dealkylation sites (tertiary alicyclic amines) is 1. The third kappa shape index (κ3) is 7.88. The maximum absolute atomic E-state index is 12.7. The number of hydrogen-bond donors (Lipinski definition) is 1. The molecule has 32 heavy (non-hydrogen) atoms. The second-order valence-electron chi connectivity index (χ2n) is 8.77. The number of nitrogens with one attached hydrogen (secondary N) is 1. The van der Waals surface area contributed by atoms with Crippen LogP contribution in [0.25, 0.3) is 0 Å². The second kappa shape index (κ2) is 14.0. The molecule has 0 bridgehead atoms. The van der Waals surface area contributed by atoms with Crippen molar-refractivity contribution < 1.29 is 9.53 Å². The van der Waals surface area contributed by atoms with Gasteiger partial charge in [0.2, 0.25) is 5.91 Å². The van der Waals surface area contributed by atoms with Crippen LogP contribution in [0.15, 0.2) is 35.3 Å². The summed E-state index contributed by atoms with van der Waals surface area (Å²) in [7, 11) is 1.84. The SMILES string of the molecule is CN=C(NCC(C)COCc1ccccc1)N1CCN(C(C)C(=O)N2CCCC2)CC1.I. The Morgan fingerprint density at radius 2 is 1.69 bits per heavy atom. The highest BCUT2D eigenvalue weighted by Crippen LogP contribution is 2.14. The molecule has 1 N–H and O–H groups in total. The molecule has 3 rings (SSSR count). The number of carbonyl (C=O) groups excluding carboxylic acids is 1. The zero-order valence-electron chi connectivity index (χ0n) is 19.8. The molecule has 2 fully saturated rings. The summed E-state index contributed by atoms with van der Waals surface area (Å²) in [6.07, 6.45) is 2.29. The summed E-state index contributed by atoms with van der Waals surface area (Å²) >= 11 is 0. The van der Waals surface area contributed by atoms with Crippen LogP contribution in [0.1, 0.15) is 32.3 Å². The van der Waals surface area contributed by atoms with Crippen LogP contribution in [0, 0.1) is 5.92 Å². The van der Waals surface area contributed by atoms with Gasteiger partial charge in [0.1, 0.15) is 0 Å². The Bertz CT molecular complexity index is 704. The van der Waals surface area contributed by atoms with Gasteiger partial charge in [-0.05, 0) is 31.2 Å². The normalized spacial score (nSPS) is 19.4. The van der Waals surface area contributed by atoms with E-state index in [2.05, 4.69) is 46.1 Å². The third-order valence-electron chi connectivity index (χ3n) is 6.27. The van der Waals surface area contributed by atoms with Crippen LogP contribution in [0.5, 0.6) is 0 Å². The summed E-state index contributed by atoms with van der Waals surface area (Å²) in [5.41, 5.74) is 1.20. The highest BCUT2D eigenvalue weighted by atomic mass is 127. The minimum absolute atomic E-state index is 0. The zero-order chi connectivity index (χ0) is 22.1. The molecule has 0 aromatic heterocycles. The van der Waals surface area contributed by atoms with Crippen molar-refractivity contribution in [1.29, 1.82) is 0 Å². The highest BCUT2D eigenvalue weighted by molar-refractivity contribution is 14.0. The van der Waals surface area contributed by atoms with Crippen LogP contribution in [0.4, 0.5) is 0 Å². The Morgan fingerprint density at radius 1 is 1.03 bits per heavy atom. The molecule has 1 aromatic carbocycles. The summed E-state index contributed by atoms with van der Waals surface area (Å²) in [5.74, 6) is 1.62. The van der Waals surface area contributed by atoms with Crippen LogP contribution in [-0.2, 0) is 16.1 Å². The first-order valence-electron chi connectivity index (χ1n) is 11.7. The molecule has 0 radical (unpaired) electrons. The molecular weight excluding hydrogens is 517 g/mol. The van der Waals surface area contributed by atoms with Gasteiger partial charge in [0.15, 0.2) is 5.96 Å². The van der Waals surface area contributed by atoms with Gasteiger partial charge in [0.25, 0.3) is 0 Å². The summed E-state index contributed by atoms with van der Waals surface area (Å²) in [4.78, 5) is 23.8. The van der Waals surface area contributed by atoms with E-state index in [1.807, 2.05) is 30.1 Å². The van der Waals surface area contributed by atoms with Crippen molar-refractivity contribution in [2.24, 2.45) is 10.9 Å². The van der Waals surface area contributed by atoms with E-state index in [0.717, 1.165) is 64.6 Å². The van der Waals surface area contributed by atoms with Crippen molar-refractivity contribution in [3.05, 3.63) is 35.9 Å². The van der Waals surface area contributed by atoms with Crippen molar-refractivity contribution >= 4 is 35.8 Å². The van der Waals surface area contributed by atoms with E-state index < -0.39 is 0 Å². The van der Waals surface area contributed by atoms with E-state index >= 15 is 0 Å². The fourth-order valence-corrected chi connectivity index (χ4v) is 4.29. The van der Waals surface area contributed by atoms with Crippen molar-refractivity contribution in [2.75, 3.05) is 59.5 Å². The number of nitrogens with zero attached hydrogens (tertiary/aromatic N) is 4. The maximum atomic E-state index is 12.7. The summed E-state index contributed by atoms with van der Waals surface area (Å²) in [6.45, 7) is 11.8. The van der Waals surface area contributed by atoms with Gasteiger partial charge in [0.05, 0.1) is 19.3 Å². The minimum atomic E-state index is -0.0305. The zero-order valence-corrected chi connectivity index (χ0v) is 22.2. The first-order valence-corrected chi connectivity index (χ1v) is 11.7. The number of amides is 1. The lowest BCUT2D eigenvalue weighted by Crippen LogP contribution is -2.57. The Labute approximate surface area is 210 Å². The summed E-state index contributed by atoms with van der Waals surface area (Å²) in [5, 5.41) is 3.50. The smallest absolute Gasteiger partial charge is 0.239 e. The topological polar surface area (TPSA) is 60.4 Å². The minimum Gasteiger partial charge on any atom is -0.376 e. The standard InChI is InChI=1S/C24H39N5O2.HI/c1-20(18-31-19-22-9-5-4-6-10-22)17-26-24(25-3)29-15-13-27(14-16-29)21(2)23(30)28-11-7-8-12-28;/h4-6,9-10,20-21H,7-8,11-19H2,1-3H3,(H,25,26);1H. The van der Waals surface area contributed by atoms with E-state index in [9.17, 15) is 4.79 Å². The Kier molecular flexibility index (Phi) is 11.7. The van der Waals surface area contributed by atoms with Gasteiger partial charge >= 0.3 is 0 Å². The molecule has 180 valence electrons. The number of halogens is 1. The number of carbonyl (C=O) groups is 1. The van der Waals surface area contributed by atoms with Crippen LogP contribution >= 0.6 is 24.0 Å². The molecule has 1 aromatic rings. The Balaban J connectivity index is 0.00000363.